The third kappa shape index (κ3) is 4.95. The van der Waals surface area contributed by atoms with Gasteiger partial charge in [-0.15, -0.1) is 0 Å². The molecule has 0 saturated heterocycles. The summed E-state index contributed by atoms with van der Waals surface area (Å²) in [6.07, 6.45) is 6.57. The van der Waals surface area contributed by atoms with E-state index in [1.807, 2.05) is 42.5 Å². The van der Waals surface area contributed by atoms with E-state index in [4.69, 9.17) is 9.47 Å². The number of nitrogens with zero attached hydrogens (tertiary/aromatic N) is 7. The van der Waals surface area contributed by atoms with Crippen LogP contribution in [0.3, 0.4) is 0 Å². The average Bonchev–Trinajstić information content (AvgIpc) is 3.44. The molecule has 3 heterocycles. The Kier molecular flexibility index (Phi) is 6.43. The summed E-state index contributed by atoms with van der Waals surface area (Å²) >= 11 is 0. The summed E-state index contributed by atoms with van der Waals surface area (Å²) in [6, 6.07) is 14.0. The Balaban J connectivity index is 1.23. The molecule has 10 nitrogen and oxygen atoms in total. The molecular weight excluding hydrogens is 420 g/mol. The van der Waals surface area contributed by atoms with E-state index in [1.54, 1.807) is 16.3 Å². The summed E-state index contributed by atoms with van der Waals surface area (Å²) in [5, 5.41) is 15.0. The minimum Gasteiger partial charge on any atom is -0.458 e. The second-order valence-corrected chi connectivity index (χ2v) is 8.32. The Morgan fingerprint density at radius 2 is 1.91 bits per heavy atom. The molecule has 0 radical (unpaired) electrons. The number of tetrazole rings is 1. The summed E-state index contributed by atoms with van der Waals surface area (Å²) in [4.78, 5) is 9.26. The zero-order chi connectivity index (χ0) is 22.5. The van der Waals surface area contributed by atoms with Crippen molar-refractivity contribution < 1.29 is 9.47 Å². The van der Waals surface area contributed by atoms with Gasteiger partial charge < -0.3 is 14.8 Å². The lowest BCUT2D eigenvalue weighted by Gasteiger charge is -2.21. The number of aryl methyl sites for hydroxylation is 1. The van der Waals surface area contributed by atoms with Crippen LogP contribution >= 0.6 is 0 Å². The minimum absolute atomic E-state index is 0.257. The number of benzene rings is 1. The van der Waals surface area contributed by atoms with Gasteiger partial charge in [-0.25, -0.2) is 14.2 Å². The minimum atomic E-state index is 0.257. The van der Waals surface area contributed by atoms with E-state index in [-0.39, 0.29) is 6.61 Å². The lowest BCUT2D eigenvalue weighted by molar-refractivity contribution is 0.0981. The molecule has 1 aromatic carbocycles. The fourth-order valence-electron chi connectivity index (χ4n) is 4.21. The van der Waals surface area contributed by atoms with Crippen molar-refractivity contribution in [3.63, 3.8) is 0 Å². The van der Waals surface area contributed by atoms with Crippen LogP contribution in [0.15, 0.2) is 42.5 Å². The summed E-state index contributed by atoms with van der Waals surface area (Å²) < 4.78 is 15.3. The SMILES string of the molecule is Cn1nnnc1-n1c(OCc2cccc(NCOCC3CCCCC3)n2)nc2ccccc21. The molecule has 0 bridgehead atoms. The van der Waals surface area contributed by atoms with Gasteiger partial charge in [-0.2, -0.15) is 4.98 Å². The van der Waals surface area contributed by atoms with Gasteiger partial charge in [-0.3, -0.25) is 0 Å². The number of pyridine rings is 1. The van der Waals surface area contributed by atoms with Crippen molar-refractivity contribution in [2.24, 2.45) is 13.0 Å². The van der Waals surface area contributed by atoms with E-state index in [2.05, 4.69) is 30.8 Å². The number of para-hydroxylation sites is 2. The van der Waals surface area contributed by atoms with Crippen LogP contribution in [0.25, 0.3) is 17.0 Å². The second kappa shape index (κ2) is 9.95. The predicted molar refractivity (Wildman–Crippen MR) is 123 cm³/mol. The molecule has 5 rings (SSSR count). The van der Waals surface area contributed by atoms with Crippen molar-refractivity contribution in [1.82, 2.24) is 34.7 Å². The van der Waals surface area contributed by atoms with Crippen molar-refractivity contribution >= 4 is 16.9 Å². The Hall–Kier alpha value is -3.53. The van der Waals surface area contributed by atoms with Crippen LogP contribution in [-0.4, -0.2) is 48.1 Å². The van der Waals surface area contributed by atoms with Gasteiger partial charge in [0.15, 0.2) is 0 Å². The smallest absolute Gasteiger partial charge is 0.305 e. The topological polar surface area (TPSA) is 105 Å². The molecule has 0 atom stereocenters. The number of aromatic nitrogens is 7. The molecule has 1 aliphatic carbocycles. The van der Waals surface area contributed by atoms with Crippen molar-refractivity contribution in [2.75, 3.05) is 18.7 Å². The summed E-state index contributed by atoms with van der Waals surface area (Å²) in [5.41, 5.74) is 2.44. The monoisotopic (exact) mass is 448 g/mol. The van der Waals surface area contributed by atoms with Crippen LogP contribution in [0, 0.1) is 5.92 Å². The number of ether oxygens (including phenoxy) is 2. The number of fused-ring (bicyclic) bond motifs is 1. The van der Waals surface area contributed by atoms with E-state index in [0.717, 1.165) is 29.2 Å². The molecule has 3 aromatic heterocycles. The van der Waals surface area contributed by atoms with Crippen molar-refractivity contribution in [3.8, 4) is 12.0 Å². The maximum Gasteiger partial charge on any atom is 0.305 e. The summed E-state index contributed by atoms with van der Waals surface area (Å²) in [5.74, 6) is 1.97. The molecule has 0 amide bonds. The molecular formula is C23H28N8O2. The Morgan fingerprint density at radius 1 is 1.03 bits per heavy atom. The second-order valence-electron chi connectivity index (χ2n) is 8.32. The zero-order valence-corrected chi connectivity index (χ0v) is 18.7. The number of nitrogens with one attached hydrogen (secondary N) is 1. The van der Waals surface area contributed by atoms with Gasteiger partial charge in [0, 0.05) is 7.05 Å². The van der Waals surface area contributed by atoms with Crippen LogP contribution in [0.5, 0.6) is 6.01 Å². The molecule has 1 saturated carbocycles. The third-order valence-corrected chi connectivity index (χ3v) is 5.92. The molecule has 1 N–H and O–H groups in total. The fourth-order valence-corrected chi connectivity index (χ4v) is 4.21. The largest absolute Gasteiger partial charge is 0.458 e. The van der Waals surface area contributed by atoms with Crippen LogP contribution < -0.4 is 10.1 Å². The first-order valence-corrected chi connectivity index (χ1v) is 11.4. The van der Waals surface area contributed by atoms with Crippen LogP contribution in [-0.2, 0) is 18.4 Å². The number of imidazole rings is 1. The number of rotatable bonds is 9. The highest BCUT2D eigenvalue weighted by molar-refractivity contribution is 5.78. The Labute approximate surface area is 191 Å². The van der Waals surface area contributed by atoms with Gasteiger partial charge in [-0.05, 0) is 53.5 Å². The molecule has 0 unspecified atom stereocenters. The molecule has 1 aliphatic rings. The van der Waals surface area contributed by atoms with Gasteiger partial charge in [0.05, 0.1) is 23.3 Å². The lowest BCUT2D eigenvalue weighted by Crippen LogP contribution is -2.17. The zero-order valence-electron chi connectivity index (χ0n) is 18.7. The molecule has 0 spiro atoms. The van der Waals surface area contributed by atoms with Crippen LogP contribution in [0.1, 0.15) is 37.8 Å². The maximum atomic E-state index is 6.07. The standard InChI is InChI=1S/C23H28N8O2/c1-30-22(27-28-29-30)31-20-12-6-5-11-19(20)26-23(31)33-15-18-10-7-13-21(25-18)24-16-32-14-17-8-3-2-4-9-17/h5-7,10-13,17H,2-4,8-9,14-16H2,1H3,(H,24,25). The van der Waals surface area contributed by atoms with Crippen molar-refractivity contribution in [1.29, 1.82) is 0 Å². The number of hydrogen-bond acceptors (Lipinski definition) is 8. The molecule has 172 valence electrons. The average molecular weight is 449 g/mol. The van der Waals surface area contributed by atoms with E-state index >= 15 is 0 Å². The van der Waals surface area contributed by atoms with Gasteiger partial charge in [-0.1, -0.05) is 42.6 Å². The molecule has 0 aliphatic heterocycles. The Bertz CT molecular complexity index is 1200. The first-order valence-electron chi connectivity index (χ1n) is 11.4. The lowest BCUT2D eigenvalue weighted by atomic mass is 9.90. The van der Waals surface area contributed by atoms with Crippen LogP contribution in [0.4, 0.5) is 5.82 Å². The van der Waals surface area contributed by atoms with Gasteiger partial charge >= 0.3 is 6.01 Å². The highest BCUT2D eigenvalue weighted by atomic mass is 16.5. The first-order chi connectivity index (χ1) is 16.3. The summed E-state index contributed by atoms with van der Waals surface area (Å²) in [6.45, 7) is 1.51. The van der Waals surface area contributed by atoms with Crippen molar-refractivity contribution in [3.05, 3.63) is 48.2 Å². The van der Waals surface area contributed by atoms with Gasteiger partial charge in [0.1, 0.15) is 19.2 Å². The van der Waals surface area contributed by atoms with Gasteiger partial charge in [0.25, 0.3) is 5.95 Å². The highest BCUT2D eigenvalue weighted by Crippen LogP contribution is 2.25. The quantitative estimate of drug-likeness (QED) is 0.306. The highest BCUT2D eigenvalue weighted by Gasteiger charge is 2.18. The van der Waals surface area contributed by atoms with E-state index in [9.17, 15) is 0 Å². The first kappa shape index (κ1) is 21.3. The van der Waals surface area contributed by atoms with E-state index < -0.39 is 0 Å². The third-order valence-electron chi connectivity index (χ3n) is 5.92. The Morgan fingerprint density at radius 3 is 2.76 bits per heavy atom. The van der Waals surface area contributed by atoms with Crippen LogP contribution in [0.2, 0.25) is 0 Å². The van der Waals surface area contributed by atoms with E-state index in [1.165, 1.54) is 32.1 Å². The molecule has 10 heteroatoms. The number of anilines is 1. The normalized spacial score (nSPS) is 14.6. The van der Waals surface area contributed by atoms with E-state index in [0.29, 0.717) is 24.6 Å². The maximum absolute atomic E-state index is 6.07. The summed E-state index contributed by atoms with van der Waals surface area (Å²) in [7, 11) is 1.78. The molecule has 4 aromatic rings. The molecule has 33 heavy (non-hydrogen) atoms. The van der Waals surface area contributed by atoms with Gasteiger partial charge in [0.2, 0.25) is 0 Å². The van der Waals surface area contributed by atoms with Crippen molar-refractivity contribution in [2.45, 2.75) is 38.7 Å². The number of hydrogen-bond donors (Lipinski definition) is 1. The molecule has 1 fully saturated rings. The predicted octanol–water partition coefficient (Wildman–Crippen LogP) is 3.49. The fraction of sp³-hybridized carbons (Fsp3) is 0.435.